The summed E-state index contributed by atoms with van der Waals surface area (Å²) in [5.41, 5.74) is 6.84. The molecule has 14 heavy (non-hydrogen) atoms. The number of hydrogen-bond donors (Lipinski definition) is 1. The molecule has 0 aliphatic carbocycles. The first-order chi connectivity index (χ1) is 6.81. The van der Waals surface area contributed by atoms with Crippen LogP contribution in [0.25, 0.3) is 0 Å². The largest absolute Gasteiger partial charge is 0.497 e. The monoisotopic (exact) mass is 195 g/mol. The van der Waals surface area contributed by atoms with E-state index in [0.717, 1.165) is 5.75 Å². The highest BCUT2D eigenvalue weighted by Gasteiger charge is 2.08. The topological polar surface area (TPSA) is 44.5 Å². The van der Waals surface area contributed by atoms with Crippen LogP contribution in [0, 0.1) is 0 Å². The highest BCUT2D eigenvalue weighted by molar-refractivity contribution is 5.29. The molecule has 0 amide bonds. The second kappa shape index (κ2) is 5.62. The highest BCUT2D eigenvalue weighted by Crippen LogP contribution is 2.18. The molecule has 0 aliphatic rings. The SMILES string of the molecule is COCC(CN)c1ccc(OC)cc1. The zero-order valence-electron chi connectivity index (χ0n) is 8.69. The third kappa shape index (κ3) is 2.72. The maximum atomic E-state index is 5.65. The predicted molar refractivity (Wildman–Crippen MR) is 56.7 cm³/mol. The van der Waals surface area contributed by atoms with Crippen LogP contribution in [0.5, 0.6) is 5.75 Å². The Labute approximate surface area is 84.8 Å². The Kier molecular flexibility index (Phi) is 4.43. The molecule has 3 heteroatoms. The van der Waals surface area contributed by atoms with Gasteiger partial charge in [0.25, 0.3) is 0 Å². The standard InChI is InChI=1S/C11H17NO2/c1-13-8-10(7-12)9-3-5-11(14-2)6-4-9/h3-6,10H,7-8,12H2,1-2H3. The van der Waals surface area contributed by atoms with Crippen LogP contribution in [-0.4, -0.2) is 27.4 Å². The summed E-state index contributed by atoms with van der Waals surface area (Å²) >= 11 is 0. The van der Waals surface area contributed by atoms with Gasteiger partial charge < -0.3 is 15.2 Å². The molecule has 0 saturated heterocycles. The molecule has 78 valence electrons. The lowest BCUT2D eigenvalue weighted by molar-refractivity contribution is 0.181. The van der Waals surface area contributed by atoms with E-state index < -0.39 is 0 Å². The molecule has 1 aromatic carbocycles. The average Bonchev–Trinajstić information content (AvgIpc) is 2.26. The second-order valence-electron chi connectivity index (χ2n) is 3.16. The Hall–Kier alpha value is -1.06. The molecule has 0 radical (unpaired) electrons. The van der Waals surface area contributed by atoms with E-state index in [1.165, 1.54) is 5.56 Å². The van der Waals surface area contributed by atoms with Gasteiger partial charge in [0.15, 0.2) is 0 Å². The fraction of sp³-hybridized carbons (Fsp3) is 0.455. The first kappa shape index (κ1) is 11.0. The Morgan fingerprint density at radius 3 is 2.29 bits per heavy atom. The van der Waals surface area contributed by atoms with Gasteiger partial charge >= 0.3 is 0 Å². The molecule has 0 fully saturated rings. The second-order valence-corrected chi connectivity index (χ2v) is 3.16. The van der Waals surface area contributed by atoms with Gasteiger partial charge in [0.05, 0.1) is 13.7 Å². The summed E-state index contributed by atoms with van der Waals surface area (Å²) in [6.45, 7) is 1.25. The minimum atomic E-state index is 0.269. The van der Waals surface area contributed by atoms with Crippen LogP contribution < -0.4 is 10.5 Å². The number of nitrogens with two attached hydrogens (primary N) is 1. The highest BCUT2D eigenvalue weighted by atomic mass is 16.5. The van der Waals surface area contributed by atoms with Crippen LogP contribution in [0.1, 0.15) is 11.5 Å². The van der Waals surface area contributed by atoms with Gasteiger partial charge in [-0.3, -0.25) is 0 Å². The van der Waals surface area contributed by atoms with Gasteiger partial charge in [-0.05, 0) is 17.7 Å². The lowest BCUT2D eigenvalue weighted by Crippen LogP contribution is -2.17. The Morgan fingerprint density at radius 1 is 1.21 bits per heavy atom. The van der Waals surface area contributed by atoms with E-state index in [9.17, 15) is 0 Å². The van der Waals surface area contributed by atoms with Gasteiger partial charge in [0.2, 0.25) is 0 Å². The molecule has 1 unspecified atom stereocenters. The van der Waals surface area contributed by atoms with Gasteiger partial charge in [-0.25, -0.2) is 0 Å². The molecule has 0 bridgehead atoms. The smallest absolute Gasteiger partial charge is 0.118 e. The molecule has 2 N–H and O–H groups in total. The minimum Gasteiger partial charge on any atom is -0.497 e. The maximum Gasteiger partial charge on any atom is 0.118 e. The van der Waals surface area contributed by atoms with Crippen molar-refractivity contribution in [1.29, 1.82) is 0 Å². The summed E-state index contributed by atoms with van der Waals surface area (Å²) < 4.78 is 10.2. The molecule has 0 heterocycles. The Morgan fingerprint density at radius 2 is 1.86 bits per heavy atom. The molecule has 1 atom stereocenters. The van der Waals surface area contributed by atoms with E-state index in [-0.39, 0.29) is 5.92 Å². The zero-order valence-corrected chi connectivity index (χ0v) is 8.69. The van der Waals surface area contributed by atoms with Crippen molar-refractivity contribution in [2.24, 2.45) is 5.73 Å². The number of ether oxygens (including phenoxy) is 2. The first-order valence-electron chi connectivity index (χ1n) is 4.64. The van der Waals surface area contributed by atoms with Crippen molar-refractivity contribution in [3.63, 3.8) is 0 Å². The zero-order chi connectivity index (χ0) is 10.4. The predicted octanol–water partition coefficient (Wildman–Crippen LogP) is 1.38. The van der Waals surface area contributed by atoms with Gasteiger partial charge in [-0.2, -0.15) is 0 Å². The molecule has 1 rings (SSSR count). The molecular formula is C11H17NO2. The van der Waals surface area contributed by atoms with Gasteiger partial charge in [-0.15, -0.1) is 0 Å². The van der Waals surface area contributed by atoms with Crippen molar-refractivity contribution in [2.75, 3.05) is 27.4 Å². The van der Waals surface area contributed by atoms with Crippen LogP contribution in [0.4, 0.5) is 0 Å². The summed E-state index contributed by atoms with van der Waals surface area (Å²) in [6, 6.07) is 7.92. The number of rotatable bonds is 5. The molecule has 0 saturated carbocycles. The molecule has 0 spiro atoms. The fourth-order valence-corrected chi connectivity index (χ4v) is 1.38. The van der Waals surface area contributed by atoms with Crippen LogP contribution in [0.3, 0.4) is 0 Å². The normalized spacial score (nSPS) is 12.5. The van der Waals surface area contributed by atoms with Crippen molar-refractivity contribution in [3.8, 4) is 5.75 Å². The lowest BCUT2D eigenvalue weighted by atomic mass is 10.0. The van der Waals surface area contributed by atoms with Crippen LogP contribution >= 0.6 is 0 Å². The van der Waals surface area contributed by atoms with E-state index >= 15 is 0 Å². The quantitative estimate of drug-likeness (QED) is 0.772. The number of methoxy groups -OCH3 is 2. The lowest BCUT2D eigenvalue weighted by Gasteiger charge is -2.14. The summed E-state index contributed by atoms with van der Waals surface area (Å²) in [4.78, 5) is 0. The van der Waals surface area contributed by atoms with E-state index in [0.29, 0.717) is 13.2 Å². The summed E-state index contributed by atoms with van der Waals surface area (Å²) in [7, 11) is 3.34. The van der Waals surface area contributed by atoms with Crippen LogP contribution in [0.15, 0.2) is 24.3 Å². The third-order valence-corrected chi connectivity index (χ3v) is 2.24. The van der Waals surface area contributed by atoms with E-state index in [4.69, 9.17) is 15.2 Å². The number of hydrogen-bond acceptors (Lipinski definition) is 3. The van der Waals surface area contributed by atoms with Crippen molar-refractivity contribution < 1.29 is 9.47 Å². The van der Waals surface area contributed by atoms with E-state index in [1.807, 2.05) is 24.3 Å². The van der Waals surface area contributed by atoms with Gasteiger partial charge in [-0.1, -0.05) is 12.1 Å². The van der Waals surface area contributed by atoms with E-state index in [2.05, 4.69) is 0 Å². The van der Waals surface area contributed by atoms with Crippen LogP contribution in [0.2, 0.25) is 0 Å². The molecule has 0 aliphatic heterocycles. The molecular weight excluding hydrogens is 178 g/mol. The molecule has 0 aromatic heterocycles. The Bertz CT molecular complexity index is 258. The van der Waals surface area contributed by atoms with Crippen molar-refractivity contribution >= 4 is 0 Å². The minimum absolute atomic E-state index is 0.269. The molecule has 3 nitrogen and oxygen atoms in total. The molecule has 1 aromatic rings. The summed E-state index contributed by atoms with van der Waals surface area (Å²) in [5.74, 6) is 1.13. The van der Waals surface area contributed by atoms with E-state index in [1.54, 1.807) is 14.2 Å². The maximum absolute atomic E-state index is 5.65. The first-order valence-corrected chi connectivity index (χ1v) is 4.64. The summed E-state index contributed by atoms with van der Waals surface area (Å²) in [6.07, 6.45) is 0. The third-order valence-electron chi connectivity index (χ3n) is 2.24. The van der Waals surface area contributed by atoms with Crippen molar-refractivity contribution in [3.05, 3.63) is 29.8 Å². The fourth-order valence-electron chi connectivity index (χ4n) is 1.38. The average molecular weight is 195 g/mol. The summed E-state index contributed by atoms with van der Waals surface area (Å²) in [5, 5.41) is 0. The van der Waals surface area contributed by atoms with Crippen molar-refractivity contribution in [1.82, 2.24) is 0 Å². The van der Waals surface area contributed by atoms with Gasteiger partial charge in [0, 0.05) is 19.6 Å². The Balaban J connectivity index is 2.73. The number of benzene rings is 1. The van der Waals surface area contributed by atoms with Crippen LogP contribution in [-0.2, 0) is 4.74 Å². The van der Waals surface area contributed by atoms with Gasteiger partial charge in [0.1, 0.15) is 5.75 Å². The van der Waals surface area contributed by atoms with Crippen molar-refractivity contribution in [2.45, 2.75) is 5.92 Å².